The summed E-state index contributed by atoms with van der Waals surface area (Å²) in [6.07, 6.45) is 3.26. The van der Waals surface area contributed by atoms with Gasteiger partial charge < -0.3 is 15.1 Å². The zero-order valence-electron chi connectivity index (χ0n) is 10.6. The van der Waals surface area contributed by atoms with Gasteiger partial charge in [0.2, 0.25) is 0 Å². The van der Waals surface area contributed by atoms with E-state index in [-0.39, 0.29) is 11.9 Å². The molecule has 0 saturated heterocycles. The molecule has 0 aliphatic rings. The minimum Gasteiger partial charge on any atom is -0.472 e. The summed E-state index contributed by atoms with van der Waals surface area (Å²) in [5, 5.41) is 0. The van der Waals surface area contributed by atoms with Gasteiger partial charge in [-0.25, -0.2) is 4.39 Å². The van der Waals surface area contributed by atoms with Crippen molar-refractivity contribution in [1.29, 1.82) is 0 Å². The lowest BCUT2D eigenvalue weighted by Crippen LogP contribution is -2.21. The molecule has 0 saturated carbocycles. The number of hydrogen-bond acceptors (Lipinski definition) is 3. The molecule has 0 unspecified atom stereocenters. The van der Waals surface area contributed by atoms with Crippen molar-refractivity contribution in [2.75, 3.05) is 11.9 Å². The number of benzene rings is 1. The zero-order chi connectivity index (χ0) is 13.1. The summed E-state index contributed by atoms with van der Waals surface area (Å²) in [6, 6.07) is 6.65. The normalized spacial score (nSPS) is 12.4. The molecule has 18 heavy (non-hydrogen) atoms. The van der Waals surface area contributed by atoms with Crippen LogP contribution in [0.5, 0.6) is 0 Å². The minimum absolute atomic E-state index is 0.206. The quantitative estimate of drug-likeness (QED) is 0.904. The predicted octanol–water partition coefficient (Wildman–Crippen LogP) is 3.07. The summed E-state index contributed by atoms with van der Waals surface area (Å²) in [5.74, 6) is -0.254. The van der Waals surface area contributed by atoms with E-state index in [0.717, 1.165) is 11.1 Å². The van der Waals surface area contributed by atoms with Crippen molar-refractivity contribution in [2.24, 2.45) is 5.73 Å². The number of hydrogen-bond donors (Lipinski definition) is 1. The van der Waals surface area contributed by atoms with Gasteiger partial charge in [-0.15, -0.1) is 0 Å². The molecule has 0 aliphatic carbocycles. The summed E-state index contributed by atoms with van der Waals surface area (Å²) in [5.41, 5.74) is 8.24. The molecular weight excluding hydrogens is 231 g/mol. The van der Waals surface area contributed by atoms with Crippen LogP contribution < -0.4 is 10.6 Å². The van der Waals surface area contributed by atoms with Gasteiger partial charge in [0.1, 0.15) is 5.82 Å². The second kappa shape index (κ2) is 5.23. The van der Waals surface area contributed by atoms with Gasteiger partial charge in [0.05, 0.1) is 18.2 Å². The van der Waals surface area contributed by atoms with Gasteiger partial charge in [0.15, 0.2) is 0 Å². The minimum atomic E-state index is -0.254. The third kappa shape index (κ3) is 2.54. The number of anilines is 1. The molecule has 1 atom stereocenters. The van der Waals surface area contributed by atoms with Crippen molar-refractivity contribution in [3.8, 4) is 0 Å². The Morgan fingerprint density at radius 1 is 1.39 bits per heavy atom. The molecule has 0 amide bonds. The lowest BCUT2D eigenvalue weighted by atomic mass is 10.1. The first-order valence-electron chi connectivity index (χ1n) is 5.86. The van der Waals surface area contributed by atoms with E-state index < -0.39 is 0 Å². The topological polar surface area (TPSA) is 42.4 Å². The molecule has 0 bridgehead atoms. The van der Waals surface area contributed by atoms with E-state index in [1.54, 1.807) is 18.6 Å². The maximum Gasteiger partial charge on any atom is 0.146 e. The lowest BCUT2D eigenvalue weighted by molar-refractivity contribution is 0.563. The van der Waals surface area contributed by atoms with E-state index in [0.29, 0.717) is 12.2 Å². The highest BCUT2D eigenvalue weighted by atomic mass is 19.1. The van der Waals surface area contributed by atoms with Crippen molar-refractivity contribution in [1.82, 2.24) is 0 Å². The number of para-hydroxylation sites is 1. The molecule has 96 valence electrons. The molecule has 1 heterocycles. The van der Waals surface area contributed by atoms with E-state index in [2.05, 4.69) is 0 Å². The highest BCUT2D eigenvalue weighted by Crippen LogP contribution is 2.28. The average Bonchev–Trinajstić information content (AvgIpc) is 2.81. The highest BCUT2D eigenvalue weighted by Gasteiger charge is 2.15. The smallest absolute Gasteiger partial charge is 0.146 e. The molecule has 4 heteroatoms. The molecule has 1 aromatic carbocycles. The Balaban J connectivity index is 2.31. The third-order valence-electron chi connectivity index (χ3n) is 2.89. The molecule has 0 spiro atoms. The fourth-order valence-corrected chi connectivity index (χ4v) is 2.04. The van der Waals surface area contributed by atoms with Crippen molar-refractivity contribution >= 4 is 5.69 Å². The van der Waals surface area contributed by atoms with Crippen LogP contribution in [-0.4, -0.2) is 7.05 Å². The summed E-state index contributed by atoms with van der Waals surface area (Å²) < 4.78 is 19.0. The van der Waals surface area contributed by atoms with Crippen molar-refractivity contribution in [3.05, 3.63) is 53.7 Å². The van der Waals surface area contributed by atoms with Gasteiger partial charge in [-0.05, 0) is 24.6 Å². The fraction of sp³-hybridized carbons (Fsp3) is 0.286. The van der Waals surface area contributed by atoms with Gasteiger partial charge in [0, 0.05) is 25.2 Å². The van der Waals surface area contributed by atoms with Crippen LogP contribution in [0.1, 0.15) is 24.1 Å². The highest BCUT2D eigenvalue weighted by molar-refractivity contribution is 5.55. The monoisotopic (exact) mass is 248 g/mol. The van der Waals surface area contributed by atoms with Gasteiger partial charge >= 0.3 is 0 Å². The van der Waals surface area contributed by atoms with Gasteiger partial charge in [-0.1, -0.05) is 12.1 Å². The summed E-state index contributed by atoms with van der Waals surface area (Å²) in [7, 11) is 1.84. The largest absolute Gasteiger partial charge is 0.472 e. The van der Waals surface area contributed by atoms with Gasteiger partial charge in [0.25, 0.3) is 0 Å². The Bertz CT molecular complexity index is 509. The molecule has 2 rings (SSSR count). The number of halogens is 1. The van der Waals surface area contributed by atoms with E-state index in [1.807, 2.05) is 31.0 Å². The zero-order valence-corrected chi connectivity index (χ0v) is 10.6. The predicted molar refractivity (Wildman–Crippen MR) is 69.8 cm³/mol. The summed E-state index contributed by atoms with van der Waals surface area (Å²) in [4.78, 5) is 1.85. The van der Waals surface area contributed by atoms with Crippen LogP contribution in [0.2, 0.25) is 0 Å². The molecule has 2 N–H and O–H groups in total. The third-order valence-corrected chi connectivity index (χ3v) is 2.89. The van der Waals surface area contributed by atoms with Gasteiger partial charge in [-0.3, -0.25) is 0 Å². The van der Waals surface area contributed by atoms with E-state index in [4.69, 9.17) is 10.2 Å². The van der Waals surface area contributed by atoms with E-state index in [1.165, 1.54) is 6.07 Å². The first-order valence-corrected chi connectivity index (χ1v) is 5.86. The SMILES string of the molecule is C[C@H](N)c1cccc(F)c1N(C)Cc1ccoc1. The molecule has 0 aliphatic heterocycles. The number of furan rings is 1. The fourth-order valence-electron chi connectivity index (χ4n) is 2.04. The molecule has 0 fully saturated rings. The average molecular weight is 248 g/mol. The van der Waals surface area contributed by atoms with Crippen LogP contribution in [-0.2, 0) is 6.54 Å². The Morgan fingerprint density at radius 2 is 2.17 bits per heavy atom. The van der Waals surface area contributed by atoms with Crippen LogP contribution in [0.4, 0.5) is 10.1 Å². The number of nitrogens with two attached hydrogens (primary N) is 1. The molecule has 0 radical (unpaired) electrons. The molecular formula is C14H17FN2O. The van der Waals surface area contributed by atoms with Crippen molar-refractivity contribution < 1.29 is 8.81 Å². The number of nitrogens with zero attached hydrogens (tertiary/aromatic N) is 1. The summed E-state index contributed by atoms with van der Waals surface area (Å²) in [6.45, 7) is 2.43. The second-order valence-corrected chi connectivity index (χ2v) is 4.45. The second-order valence-electron chi connectivity index (χ2n) is 4.45. The molecule has 2 aromatic rings. The van der Waals surface area contributed by atoms with Crippen LogP contribution >= 0.6 is 0 Å². The Morgan fingerprint density at radius 3 is 2.78 bits per heavy atom. The van der Waals surface area contributed by atoms with Crippen LogP contribution in [0.3, 0.4) is 0 Å². The lowest BCUT2D eigenvalue weighted by Gasteiger charge is -2.24. The van der Waals surface area contributed by atoms with E-state index >= 15 is 0 Å². The standard InChI is InChI=1S/C14H17FN2O/c1-10(16)12-4-3-5-13(15)14(12)17(2)8-11-6-7-18-9-11/h3-7,9-10H,8,16H2,1-2H3/t10-/m0/s1. The maximum atomic E-state index is 14.0. The summed E-state index contributed by atoms with van der Waals surface area (Å²) >= 11 is 0. The van der Waals surface area contributed by atoms with Crippen molar-refractivity contribution in [3.63, 3.8) is 0 Å². The van der Waals surface area contributed by atoms with E-state index in [9.17, 15) is 4.39 Å². The Kier molecular flexibility index (Phi) is 3.67. The van der Waals surface area contributed by atoms with Crippen molar-refractivity contribution in [2.45, 2.75) is 19.5 Å². The Labute approximate surface area is 106 Å². The van der Waals surface area contributed by atoms with Crippen LogP contribution in [0.15, 0.2) is 41.2 Å². The molecule has 3 nitrogen and oxygen atoms in total. The first-order chi connectivity index (χ1) is 8.59. The molecule has 1 aromatic heterocycles. The maximum absolute atomic E-state index is 14.0. The first kappa shape index (κ1) is 12.6. The van der Waals surface area contributed by atoms with Crippen LogP contribution in [0, 0.1) is 5.82 Å². The van der Waals surface area contributed by atoms with Crippen LogP contribution in [0.25, 0.3) is 0 Å². The number of rotatable bonds is 4. The van der Waals surface area contributed by atoms with Gasteiger partial charge in [-0.2, -0.15) is 0 Å². The Hall–Kier alpha value is -1.81.